The second-order valence-electron chi connectivity index (χ2n) is 7.91. The largest absolute Gasteiger partial charge is 0.326 e. The molecule has 0 unspecified atom stereocenters. The number of non-ortho nitro benzene ring substituents is 1. The van der Waals surface area contributed by atoms with Crippen molar-refractivity contribution in [3.8, 4) is 0 Å². The number of amides is 1. The van der Waals surface area contributed by atoms with E-state index < -0.39 is 15.8 Å². The van der Waals surface area contributed by atoms with Gasteiger partial charge in [0.15, 0.2) is 0 Å². The van der Waals surface area contributed by atoms with Gasteiger partial charge in [-0.15, -0.1) is 0 Å². The van der Waals surface area contributed by atoms with E-state index in [2.05, 4.69) is 10.7 Å². The van der Waals surface area contributed by atoms with Gasteiger partial charge in [-0.25, -0.2) is 0 Å². The molecular weight excluding hydrogens is 356 g/mol. The maximum absolute atomic E-state index is 13.0. The summed E-state index contributed by atoms with van der Waals surface area (Å²) in [5.74, 6) is 5.17. The smallest absolute Gasteiger partial charge is 0.269 e. The topological polar surface area (TPSA) is 110 Å². The number of nitrogens with one attached hydrogen (secondary N) is 2. The van der Waals surface area contributed by atoms with E-state index in [-0.39, 0.29) is 11.6 Å². The number of carbonyl (C=O) groups is 1. The lowest BCUT2D eigenvalue weighted by atomic mass is 9.63. The molecule has 28 heavy (non-hydrogen) atoms. The second-order valence-corrected chi connectivity index (χ2v) is 7.91. The maximum Gasteiger partial charge on any atom is 0.269 e. The number of anilines is 1. The number of nitro benzene ring substituents is 1. The van der Waals surface area contributed by atoms with Crippen molar-refractivity contribution < 1.29 is 9.72 Å². The lowest BCUT2D eigenvalue weighted by molar-refractivity contribution is -0.384. The highest BCUT2D eigenvalue weighted by molar-refractivity contribution is 5.96. The van der Waals surface area contributed by atoms with Crippen molar-refractivity contribution in [3.63, 3.8) is 0 Å². The predicted octanol–water partition coefficient (Wildman–Crippen LogP) is 3.54. The van der Waals surface area contributed by atoms with Crippen molar-refractivity contribution in [2.75, 3.05) is 11.9 Å². The minimum Gasteiger partial charge on any atom is -0.326 e. The van der Waals surface area contributed by atoms with Crippen LogP contribution in [-0.4, -0.2) is 17.4 Å². The number of hydrogen-bond acceptors (Lipinski definition) is 5. The lowest BCUT2D eigenvalue weighted by Gasteiger charge is -2.40. The van der Waals surface area contributed by atoms with Crippen LogP contribution in [0.5, 0.6) is 0 Å². The molecule has 150 valence electrons. The molecule has 2 aromatic rings. The van der Waals surface area contributed by atoms with Gasteiger partial charge < -0.3 is 5.32 Å². The van der Waals surface area contributed by atoms with Crippen LogP contribution >= 0.6 is 0 Å². The summed E-state index contributed by atoms with van der Waals surface area (Å²) in [6.45, 7) is 8.38. The van der Waals surface area contributed by atoms with Crippen LogP contribution in [0.1, 0.15) is 38.8 Å². The van der Waals surface area contributed by atoms with Crippen molar-refractivity contribution in [3.05, 3.63) is 69.8 Å². The molecule has 1 amide bonds. The van der Waals surface area contributed by atoms with Crippen LogP contribution in [-0.2, 0) is 16.6 Å². The van der Waals surface area contributed by atoms with Gasteiger partial charge in [0, 0.05) is 29.8 Å². The van der Waals surface area contributed by atoms with E-state index in [1.54, 1.807) is 12.1 Å². The van der Waals surface area contributed by atoms with Crippen molar-refractivity contribution in [2.24, 2.45) is 11.3 Å². The number of nitro groups is 1. The molecule has 0 fully saturated rings. The van der Waals surface area contributed by atoms with Crippen LogP contribution in [0, 0.1) is 15.5 Å². The molecule has 0 radical (unpaired) electrons. The molecule has 0 spiro atoms. The number of hydrazine groups is 1. The minimum absolute atomic E-state index is 0.0340. The first-order valence-corrected chi connectivity index (χ1v) is 9.18. The van der Waals surface area contributed by atoms with E-state index in [0.717, 1.165) is 23.2 Å². The highest BCUT2D eigenvalue weighted by Crippen LogP contribution is 2.42. The van der Waals surface area contributed by atoms with Gasteiger partial charge in [0.1, 0.15) is 0 Å². The molecule has 0 atom stereocenters. The SMILES string of the molecule is CC(C)(C(=O)Nc1ccc(CCNN)cc1)C(C)(C)c1ccc([N+](=O)[O-])cc1. The Bertz CT molecular complexity index is 828. The van der Waals surface area contributed by atoms with Crippen LogP contribution in [0.4, 0.5) is 11.4 Å². The molecule has 0 saturated carbocycles. The van der Waals surface area contributed by atoms with Crippen LogP contribution in [0.2, 0.25) is 0 Å². The lowest BCUT2D eigenvalue weighted by Crippen LogP contribution is -2.45. The fraction of sp³-hybridized carbons (Fsp3) is 0.381. The van der Waals surface area contributed by atoms with Crippen LogP contribution in [0.3, 0.4) is 0 Å². The van der Waals surface area contributed by atoms with E-state index in [1.165, 1.54) is 12.1 Å². The van der Waals surface area contributed by atoms with Gasteiger partial charge in [0.05, 0.1) is 10.3 Å². The number of nitrogens with two attached hydrogens (primary N) is 1. The first-order valence-electron chi connectivity index (χ1n) is 9.18. The van der Waals surface area contributed by atoms with Crippen molar-refractivity contribution in [2.45, 2.75) is 39.5 Å². The molecule has 7 heteroatoms. The molecule has 0 aliphatic carbocycles. The highest BCUT2D eigenvalue weighted by atomic mass is 16.6. The first kappa shape index (κ1) is 21.5. The predicted molar refractivity (Wildman–Crippen MR) is 111 cm³/mol. The molecule has 0 aromatic heterocycles. The summed E-state index contributed by atoms with van der Waals surface area (Å²) in [4.78, 5) is 23.5. The van der Waals surface area contributed by atoms with Crippen LogP contribution in [0.15, 0.2) is 48.5 Å². The molecule has 0 heterocycles. The Morgan fingerprint density at radius 2 is 1.61 bits per heavy atom. The summed E-state index contributed by atoms with van der Waals surface area (Å²) in [5.41, 5.74) is 4.06. The van der Waals surface area contributed by atoms with Gasteiger partial charge >= 0.3 is 0 Å². The molecule has 0 aliphatic heterocycles. The van der Waals surface area contributed by atoms with E-state index >= 15 is 0 Å². The zero-order valence-electron chi connectivity index (χ0n) is 16.8. The highest BCUT2D eigenvalue weighted by Gasteiger charge is 2.44. The summed E-state index contributed by atoms with van der Waals surface area (Å²) in [6.07, 6.45) is 0.809. The Balaban J connectivity index is 2.16. The number of hydrogen-bond donors (Lipinski definition) is 3. The van der Waals surface area contributed by atoms with E-state index in [0.29, 0.717) is 6.54 Å². The van der Waals surface area contributed by atoms with Gasteiger partial charge in [-0.05, 0) is 29.7 Å². The monoisotopic (exact) mass is 384 g/mol. The van der Waals surface area contributed by atoms with Gasteiger partial charge in [-0.3, -0.25) is 26.2 Å². The normalized spacial score (nSPS) is 11.9. The Morgan fingerprint density at radius 3 is 2.11 bits per heavy atom. The molecule has 2 aromatic carbocycles. The Labute approximate surface area is 165 Å². The maximum atomic E-state index is 13.0. The fourth-order valence-corrected chi connectivity index (χ4v) is 2.90. The molecule has 2 rings (SSSR count). The molecule has 7 nitrogen and oxygen atoms in total. The summed E-state index contributed by atoms with van der Waals surface area (Å²) in [7, 11) is 0. The minimum atomic E-state index is -0.759. The number of carbonyl (C=O) groups excluding carboxylic acids is 1. The van der Waals surface area contributed by atoms with Gasteiger partial charge in [0.2, 0.25) is 5.91 Å². The Hall–Kier alpha value is -2.77. The second kappa shape index (κ2) is 8.50. The quantitative estimate of drug-likeness (QED) is 0.366. The van der Waals surface area contributed by atoms with Gasteiger partial charge in [-0.2, -0.15) is 0 Å². The van der Waals surface area contributed by atoms with Gasteiger partial charge in [0.25, 0.3) is 5.69 Å². The average Bonchev–Trinajstić information content (AvgIpc) is 2.67. The Kier molecular flexibility index (Phi) is 6.53. The summed E-state index contributed by atoms with van der Waals surface area (Å²) >= 11 is 0. The zero-order valence-corrected chi connectivity index (χ0v) is 16.8. The van der Waals surface area contributed by atoms with E-state index in [4.69, 9.17) is 5.84 Å². The molecular formula is C21H28N4O3. The van der Waals surface area contributed by atoms with Crippen LogP contribution in [0.25, 0.3) is 0 Å². The number of rotatable bonds is 8. The number of benzene rings is 2. The molecule has 0 bridgehead atoms. The molecule has 4 N–H and O–H groups in total. The summed E-state index contributed by atoms with van der Waals surface area (Å²) in [5, 5.41) is 13.9. The van der Waals surface area contributed by atoms with Gasteiger partial charge in [-0.1, -0.05) is 52.0 Å². The van der Waals surface area contributed by atoms with Crippen molar-refractivity contribution >= 4 is 17.3 Å². The van der Waals surface area contributed by atoms with Crippen LogP contribution < -0.4 is 16.6 Å². The first-order chi connectivity index (χ1) is 13.1. The standard InChI is InChI=1S/C21H28N4O3/c1-20(2,16-7-11-18(12-8-16)25(27)28)21(3,4)19(26)24-17-9-5-15(6-10-17)13-14-23-22/h5-12,23H,13-14,22H2,1-4H3,(H,24,26). The molecule has 0 saturated heterocycles. The molecule has 0 aliphatic rings. The fourth-order valence-electron chi connectivity index (χ4n) is 2.90. The average molecular weight is 384 g/mol. The zero-order chi connectivity index (χ0) is 20.9. The summed E-state index contributed by atoms with van der Waals surface area (Å²) < 4.78 is 0. The van der Waals surface area contributed by atoms with E-state index in [1.807, 2.05) is 52.0 Å². The van der Waals surface area contributed by atoms with E-state index in [9.17, 15) is 14.9 Å². The third-order valence-electron chi connectivity index (χ3n) is 5.70. The van der Waals surface area contributed by atoms with Crippen molar-refractivity contribution in [1.82, 2.24) is 5.43 Å². The third kappa shape index (κ3) is 4.55. The Morgan fingerprint density at radius 1 is 1.04 bits per heavy atom. The summed E-state index contributed by atoms with van der Waals surface area (Å²) in [6, 6.07) is 14.0. The third-order valence-corrected chi connectivity index (χ3v) is 5.70. The van der Waals surface area contributed by atoms with Crippen molar-refractivity contribution in [1.29, 1.82) is 0 Å². The number of nitrogens with zero attached hydrogens (tertiary/aromatic N) is 1.